The van der Waals surface area contributed by atoms with Gasteiger partial charge in [0.05, 0.1) is 0 Å². The van der Waals surface area contributed by atoms with E-state index in [9.17, 15) is 0 Å². The first-order valence-electron chi connectivity index (χ1n) is 8.74. The van der Waals surface area contributed by atoms with Crippen LogP contribution in [0.4, 0.5) is 0 Å². The predicted octanol–water partition coefficient (Wildman–Crippen LogP) is 5.84. The van der Waals surface area contributed by atoms with Gasteiger partial charge in [0.1, 0.15) is 0 Å². The number of hydrogen-bond donors (Lipinski definition) is 2. The van der Waals surface area contributed by atoms with Crippen LogP contribution in [0, 0.1) is 0 Å². The summed E-state index contributed by atoms with van der Waals surface area (Å²) in [5.74, 6) is 0. The lowest BCUT2D eigenvalue weighted by atomic mass is 10.0. The van der Waals surface area contributed by atoms with Crippen LogP contribution < -0.4 is 5.48 Å². The van der Waals surface area contributed by atoms with Gasteiger partial charge < -0.3 is 5.21 Å². The van der Waals surface area contributed by atoms with Gasteiger partial charge in [-0.05, 0) is 12.8 Å². The van der Waals surface area contributed by atoms with E-state index in [0.29, 0.717) is 6.04 Å². The second-order valence-corrected chi connectivity index (χ2v) is 5.94. The molecule has 0 aromatic carbocycles. The second kappa shape index (κ2) is 16.0. The molecule has 2 nitrogen and oxygen atoms in total. The summed E-state index contributed by atoms with van der Waals surface area (Å²) < 4.78 is 0. The molecule has 116 valence electrons. The average Bonchev–Trinajstić information content (AvgIpc) is 2.44. The molecule has 0 aliphatic heterocycles. The highest BCUT2D eigenvalue weighted by Gasteiger charge is 2.05. The van der Waals surface area contributed by atoms with E-state index in [1.807, 2.05) is 0 Å². The van der Waals surface area contributed by atoms with E-state index < -0.39 is 0 Å². The van der Waals surface area contributed by atoms with E-state index in [-0.39, 0.29) is 0 Å². The largest absolute Gasteiger partial charge is 0.317 e. The van der Waals surface area contributed by atoms with E-state index in [1.165, 1.54) is 77.0 Å². The molecule has 19 heavy (non-hydrogen) atoms. The number of hydroxylamine groups is 1. The van der Waals surface area contributed by atoms with Crippen LogP contribution in [0.2, 0.25) is 0 Å². The fourth-order valence-corrected chi connectivity index (χ4v) is 2.60. The van der Waals surface area contributed by atoms with Crippen LogP contribution in [0.25, 0.3) is 0 Å². The average molecular weight is 271 g/mol. The number of hydrogen-bond acceptors (Lipinski definition) is 2. The molecule has 0 bridgehead atoms. The van der Waals surface area contributed by atoms with Crippen molar-refractivity contribution in [3.8, 4) is 0 Å². The molecular formula is C17H37NO. The van der Waals surface area contributed by atoms with Gasteiger partial charge in [-0.25, -0.2) is 5.48 Å². The lowest BCUT2D eigenvalue weighted by Gasteiger charge is -2.14. The Bertz CT molecular complexity index is 161. The Morgan fingerprint density at radius 3 is 1.53 bits per heavy atom. The Hall–Kier alpha value is -0.0800. The minimum Gasteiger partial charge on any atom is -0.317 e. The Balaban J connectivity index is 3.16. The molecule has 2 heteroatoms. The van der Waals surface area contributed by atoms with Crippen LogP contribution in [0.1, 0.15) is 104 Å². The first-order valence-corrected chi connectivity index (χ1v) is 8.74. The highest BCUT2D eigenvalue weighted by Crippen LogP contribution is 2.13. The first kappa shape index (κ1) is 18.9. The van der Waals surface area contributed by atoms with Crippen LogP contribution >= 0.6 is 0 Å². The Morgan fingerprint density at radius 1 is 0.632 bits per heavy atom. The zero-order chi connectivity index (χ0) is 14.2. The summed E-state index contributed by atoms with van der Waals surface area (Å²) in [6.07, 6.45) is 18.5. The molecule has 2 N–H and O–H groups in total. The third kappa shape index (κ3) is 14.1. The topological polar surface area (TPSA) is 32.3 Å². The van der Waals surface area contributed by atoms with Crippen LogP contribution in [0.5, 0.6) is 0 Å². The maximum atomic E-state index is 9.05. The van der Waals surface area contributed by atoms with Crippen molar-refractivity contribution in [2.75, 3.05) is 0 Å². The van der Waals surface area contributed by atoms with E-state index in [4.69, 9.17) is 5.21 Å². The Morgan fingerprint density at radius 2 is 1.05 bits per heavy atom. The van der Waals surface area contributed by atoms with E-state index >= 15 is 0 Å². The molecule has 0 radical (unpaired) electrons. The van der Waals surface area contributed by atoms with E-state index in [2.05, 4.69) is 19.3 Å². The van der Waals surface area contributed by atoms with Gasteiger partial charge in [-0.15, -0.1) is 0 Å². The SMILES string of the molecule is CCCCCCCCCCCCC(CCCC)NO. The molecule has 0 saturated carbocycles. The molecule has 0 aliphatic carbocycles. The minimum atomic E-state index is 0.328. The standard InChI is InChI=1S/C17H37NO/c1-3-5-7-8-9-10-11-12-13-14-16-17(18-19)15-6-4-2/h17-19H,3-16H2,1-2H3. The Kier molecular flexibility index (Phi) is 15.9. The third-order valence-electron chi connectivity index (χ3n) is 3.99. The predicted molar refractivity (Wildman–Crippen MR) is 84.7 cm³/mol. The third-order valence-corrected chi connectivity index (χ3v) is 3.99. The molecule has 0 aromatic rings. The van der Waals surface area contributed by atoms with Crippen LogP contribution in [0.3, 0.4) is 0 Å². The molecule has 1 unspecified atom stereocenters. The molecule has 0 saturated heterocycles. The smallest absolute Gasteiger partial charge is 0.0319 e. The molecule has 1 atom stereocenters. The van der Waals surface area contributed by atoms with Gasteiger partial charge in [-0.1, -0.05) is 90.9 Å². The molecule has 0 fully saturated rings. The van der Waals surface area contributed by atoms with Crippen molar-refractivity contribution in [2.24, 2.45) is 0 Å². The molecule has 0 spiro atoms. The maximum absolute atomic E-state index is 9.05. The van der Waals surface area contributed by atoms with Crippen molar-refractivity contribution in [3.63, 3.8) is 0 Å². The van der Waals surface area contributed by atoms with E-state index in [0.717, 1.165) is 12.8 Å². The van der Waals surface area contributed by atoms with Gasteiger partial charge in [0.2, 0.25) is 0 Å². The molecule has 0 rings (SSSR count). The number of nitrogens with one attached hydrogen (secondary N) is 1. The van der Waals surface area contributed by atoms with Crippen molar-refractivity contribution in [1.82, 2.24) is 5.48 Å². The summed E-state index contributed by atoms with van der Waals surface area (Å²) in [6.45, 7) is 4.48. The molecule has 0 aliphatic rings. The summed E-state index contributed by atoms with van der Waals surface area (Å²) in [6, 6.07) is 0.328. The lowest BCUT2D eigenvalue weighted by Crippen LogP contribution is -2.25. The fraction of sp³-hybridized carbons (Fsp3) is 1.00. The molecule has 0 heterocycles. The monoisotopic (exact) mass is 271 g/mol. The van der Waals surface area contributed by atoms with Gasteiger partial charge in [0.15, 0.2) is 0 Å². The van der Waals surface area contributed by atoms with Crippen molar-refractivity contribution < 1.29 is 5.21 Å². The summed E-state index contributed by atoms with van der Waals surface area (Å²) in [4.78, 5) is 0. The van der Waals surface area contributed by atoms with Crippen molar-refractivity contribution in [3.05, 3.63) is 0 Å². The lowest BCUT2D eigenvalue weighted by molar-refractivity contribution is 0.114. The van der Waals surface area contributed by atoms with Gasteiger partial charge >= 0.3 is 0 Å². The van der Waals surface area contributed by atoms with Gasteiger partial charge in [0, 0.05) is 6.04 Å². The number of rotatable bonds is 15. The summed E-state index contributed by atoms with van der Waals surface area (Å²) >= 11 is 0. The molecule has 0 aromatic heterocycles. The molecular weight excluding hydrogens is 234 g/mol. The highest BCUT2D eigenvalue weighted by molar-refractivity contribution is 4.62. The minimum absolute atomic E-state index is 0.328. The highest BCUT2D eigenvalue weighted by atomic mass is 16.5. The van der Waals surface area contributed by atoms with Crippen molar-refractivity contribution in [1.29, 1.82) is 0 Å². The second-order valence-electron chi connectivity index (χ2n) is 5.94. The Labute approximate surface area is 121 Å². The zero-order valence-corrected chi connectivity index (χ0v) is 13.4. The fourth-order valence-electron chi connectivity index (χ4n) is 2.60. The van der Waals surface area contributed by atoms with Crippen molar-refractivity contribution in [2.45, 2.75) is 110 Å². The van der Waals surface area contributed by atoms with Crippen LogP contribution in [-0.4, -0.2) is 11.2 Å². The van der Waals surface area contributed by atoms with Crippen molar-refractivity contribution >= 4 is 0 Å². The van der Waals surface area contributed by atoms with Crippen LogP contribution in [-0.2, 0) is 0 Å². The summed E-state index contributed by atoms with van der Waals surface area (Å²) in [5, 5.41) is 9.05. The quantitative estimate of drug-likeness (QED) is 0.290. The summed E-state index contributed by atoms with van der Waals surface area (Å²) in [5.41, 5.74) is 2.47. The first-order chi connectivity index (χ1) is 9.35. The number of unbranched alkanes of at least 4 members (excludes halogenated alkanes) is 10. The zero-order valence-electron chi connectivity index (χ0n) is 13.4. The maximum Gasteiger partial charge on any atom is 0.0319 e. The van der Waals surface area contributed by atoms with Crippen LogP contribution in [0.15, 0.2) is 0 Å². The normalized spacial score (nSPS) is 12.8. The van der Waals surface area contributed by atoms with Gasteiger partial charge in [0.25, 0.3) is 0 Å². The molecule has 0 amide bonds. The van der Waals surface area contributed by atoms with Gasteiger partial charge in [-0.3, -0.25) is 0 Å². The summed E-state index contributed by atoms with van der Waals surface area (Å²) in [7, 11) is 0. The van der Waals surface area contributed by atoms with Gasteiger partial charge in [-0.2, -0.15) is 0 Å². The van der Waals surface area contributed by atoms with E-state index in [1.54, 1.807) is 0 Å².